The van der Waals surface area contributed by atoms with Gasteiger partial charge in [-0.25, -0.2) is 0 Å². The van der Waals surface area contributed by atoms with Gasteiger partial charge in [0.2, 0.25) is 0 Å². The molecule has 1 aliphatic heterocycles. The lowest BCUT2D eigenvalue weighted by atomic mass is 9.82. The highest BCUT2D eigenvalue weighted by molar-refractivity contribution is 7.46. The van der Waals surface area contributed by atoms with Crippen LogP contribution < -0.4 is 4.89 Å². The SMILES string of the molecule is CC1(C)OP(=O)([O-])OC1(C)CC(F)(F)C(F)(F)F. The standard InChI is InChI=1S/C8H12F5O4P/c1-5(2)6(3,17-18(14,15)16-5)4-7(9,10)8(11,12)13/h4H2,1-3H3,(H,14,15)/p-1. The molecule has 2 atom stereocenters. The molecule has 2 unspecified atom stereocenters. The number of rotatable bonds is 2. The van der Waals surface area contributed by atoms with E-state index in [9.17, 15) is 31.4 Å². The number of phosphoric ester groups is 1. The Kier molecular flexibility index (Phi) is 3.41. The van der Waals surface area contributed by atoms with E-state index < -0.39 is 37.5 Å². The zero-order valence-corrected chi connectivity index (χ0v) is 10.6. The molecule has 0 spiro atoms. The van der Waals surface area contributed by atoms with Crippen molar-refractivity contribution >= 4 is 7.82 Å². The summed E-state index contributed by atoms with van der Waals surface area (Å²) in [6.45, 7) is 2.97. The monoisotopic (exact) mass is 297 g/mol. The normalized spacial score (nSPS) is 36.9. The van der Waals surface area contributed by atoms with Gasteiger partial charge in [-0.2, -0.15) is 22.0 Å². The van der Waals surface area contributed by atoms with Crippen LogP contribution in [0.25, 0.3) is 0 Å². The first-order valence-electron chi connectivity index (χ1n) is 4.79. The molecular weight excluding hydrogens is 286 g/mol. The molecule has 0 bridgehead atoms. The molecule has 0 aliphatic carbocycles. The first kappa shape index (κ1) is 15.8. The lowest BCUT2D eigenvalue weighted by Gasteiger charge is -2.36. The molecule has 0 N–H and O–H groups in total. The predicted molar refractivity (Wildman–Crippen MR) is 47.9 cm³/mol. The van der Waals surface area contributed by atoms with Crippen molar-refractivity contribution in [3.05, 3.63) is 0 Å². The van der Waals surface area contributed by atoms with Crippen molar-refractivity contribution in [1.82, 2.24) is 0 Å². The van der Waals surface area contributed by atoms with Gasteiger partial charge in [-0.15, -0.1) is 0 Å². The maximum absolute atomic E-state index is 13.0. The number of hydrogen-bond donors (Lipinski definition) is 0. The van der Waals surface area contributed by atoms with Gasteiger partial charge < -0.3 is 13.9 Å². The number of hydrogen-bond acceptors (Lipinski definition) is 4. The summed E-state index contributed by atoms with van der Waals surface area (Å²) in [7, 11) is -4.88. The van der Waals surface area contributed by atoms with E-state index in [0.29, 0.717) is 0 Å². The Bertz CT molecular complexity index is 393. The van der Waals surface area contributed by atoms with Gasteiger partial charge in [-0.1, -0.05) is 0 Å². The average Bonchev–Trinajstić information content (AvgIpc) is 2.09. The molecule has 1 aliphatic rings. The van der Waals surface area contributed by atoms with Crippen LogP contribution in [0, 0.1) is 0 Å². The molecule has 0 aromatic carbocycles. The van der Waals surface area contributed by atoms with Crippen LogP contribution in [0.15, 0.2) is 0 Å². The first-order valence-corrected chi connectivity index (χ1v) is 6.25. The smallest absolute Gasteiger partial charge is 0.453 e. The van der Waals surface area contributed by atoms with Crippen LogP contribution in [-0.4, -0.2) is 23.3 Å². The van der Waals surface area contributed by atoms with Crippen molar-refractivity contribution < 1.29 is 40.5 Å². The predicted octanol–water partition coefficient (Wildman–Crippen LogP) is 2.63. The Morgan fingerprint density at radius 1 is 1.11 bits per heavy atom. The summed E-state index contributed by atoms with van der Waals surface area (Å²) in [5.41, 5.74) is -4.12. The van der Waals surface area contributed by atoms with Crippen molar-refractivity contribution in [2.75, 3.05) is 0 Å². The van der Waals surface area contributed by atoms with E-state index in [-0.39, 0.29) is 0 Å². The molecule has 1 fully saturated rings. The third-order valence-corrected chi connectivity index (χ3v) is 4.21. The molecule has 108 valence electrons. The van der Waals surface area contributed by atoms with E-state index in [1.807, 2.05) is 0 Å². The van der Waals surface area contributed by atoms with E-state index in [2.05, 4.69) is 9.05 Å². The first-order chi connectivity index (χ1) is 7.62. The molecule has 4 nitrogen and oxygen atoms in total. The van der Waals surface area contributed by atoms with Crippen molar-refractivity contribution in [2.45, 2.75) is 50.5 Å². The van der Waals surface area contributed by atoms with E-state index in [0.717, 1.165) is 20.8 Å². The number of halogens is 5. The van der Waals surface area contributed by atoms with Gasteiger partial charge in [0.1, 0.15) is 11.2 Å². The lowest BCUT2D eigenvalue weighted by molar-refractivity contribution is -0.298. The Hall–Kier alpha value is -0.240. The second-order valence-corrected chi connectivity index (χ2v) is 6.01. The lowest BCUT2D eigenvalue weighted by Crippen LogP contribution is -2.52. The Morgan fingerprint density at radius 2 is 1.56 bits per heavy atom. The number of phosphoric acid groups is 1. The average molecular weight is 297 g/mol. The zero-order valence-electron chi connectivity index (χ0n) is 9.68. The molecule has 1 heterocycles. The summed E-state index contributed by atoms with van der Waals surface area (Å²) in [5.74, 6) is -5.08. The minimum absolute atomic E-state index is 0.838. The highest BCUT2D eigenvalue weighted by Crippen LogP contribution is 2.61. The zero-order chi connectivity index (χ0) is 14.6. The van der Waals surface area contributed by atoms with E-state index >= 15 is 0 Å². The third-order valence-electron chi connectivity index (χ3n) is 2.90. The summed E-state index contributed by atoms with van der Waals surface area (Å²) in [4.78, 5) is 11.1. The second-order valence-electron chi connectivity index (χ2n) is 4.75. The van der Waals surface area contributed by atoms with Crippen LogP contribution in [-0.2, 0) is 13.6 Å². The van der Waals surface area contributed by atoms with Crippen LogP contribution in [0.1, 0.15) is 27.2 Å². The molecule has 18 heavy (non-hydrogen) atoms. The highest BCUT2D eigenvalue weighted by Gasteiger charge is 2.65. The van der Waals surface area contributed by atoms with Gasteiger partial charge in [0.05, 0.1) is 6.42 Å². The highest BCUT2D eigenvalue weighted by atomic mass is 31.2. The maximum atomic E-state index is 13.0. The third kappa shape index (κ3) is 2.68. The molecule has 1 saturated heterocycles. The van der Waals surface area contributed by atoms with Crippen LogP contribution in [0.5, 0.6) is 0 Å². The van der Waals surface area contributed by atoms with Crippen LogP contribution >= 0.6 is 7.82 Å². The largest absolute Gasteiger partial charge is 0.756 e. The fourth-order valence-corrected chi connectivity index (χ4v) is 3.09. The molecule has 0 amide bonds. The summed E-state index contributed by atoms with van der Waals surface area (Å²) in [6.07, 6.45) is -7.63. The molecule has 0 radical (unpaired) electrons. The summed E-state index contributed by atoms with van der Waals surface area (Å²) >= 11 is 0. The van der Waals surface area contributed by atoms with E-state index in [1.165, 1.54) is 0 Å². The van der Waals surface area contributed by atoms with E-state index in [1.54, 1.807) is 0 Å². The Morgan fingerprint density at radius 3 is 1.83 bits per heavy atom. The van der Waals surface area contributed by atoms with Gasteiger partial charge >= 0.3 is 12.1 Å². The van der Waals surface area contributed by atoms with Crippen LogP contribution in [0.4, 0.5) is 22.0 Å². The molecular formula is C8H11F5O4P-. The van der Waals surface area contributed by atoms with Crippen LogP contribution in [0.2, 0.25) is 0 Å². The maximum Gasteiger partial charge on any atom is 0.453 e. The molecule has 0 aromatic heterocycles. The molecule has 1 rings (SSSR count). The summed E-state index contributed by atoms with van der Waals surface area (Å²) in [5, 5.41) is 0. The minimum Gasteiger partial charge on any atom is -0.756 e. The van der Waals surface area contributed by atoms with Crippen molar-refractivity contribution in [1.29, 1.82) is 0 Å². The van der Waals surface area contributed by atoms with Crippen molar-refractivity contribution in [2.24, 2.45) is 0 Å². The fraction of sp³-hybridized carbons (Fsp3) is 1.00. The summed E-state index contributed by atoms with van der Waals surface area (Å²) < 4.78 is 82.0. The molecule has 10 heteroatoms. The van der Waals surface area contributed by atoms with Gasteiger partial charge in [0.25, 0.3) is 7.82 Å². The van der Waals surface area contributed by atoms with Crippen molar-refractivity contribution in [3.8, 4) is 0 Å². The quantitative estimate of drug-likeness (QED) is 0.580. The summed E-state index contributed by atoms with van der Waals surface area (Å²) in [6, 6.07) is 0. The Labute approximate surface area is 99.7 Å². The molecule has 0 aromatic rings. The van der Waals surface area contributed by atoms with Gasteiger partial charge in [-0.3, -0.25) is 4.57 Å². The minimum atomic E-state index is -5.79. The molecule has 0 saturated carbocycles. The second kappa shape index (κ2) is 3.88. The van der Waals surface area contributed by atoms with E-state index in [4.69, 9.17) is 0 Å². The van der Waals surface area contributed by atoms with Gasteiger partial charge in [-0.05, 0) is 20.8 Å². The van der Waals surface area contributed by atoms with Gasteiger partial charge in [0.15, 0.2) is 0 Å². The fourth-order valence-electron chi connectivity index (χ4n) is 1.52. The Balaban J connectivity index is 3.07. The van der Waals surface area contributed by atoms with Crippen molar-refractivity contribution in [3.63, 3.8) is 0 Å². The van der Waals surface area contributed by atoms with Crippen LogP contribution in [0.3, 0.4) is 0 Å². The number of alkyl halides is 5. The van der Waals surface area contributed by atoms with Gasteiger partial charge in [0, 0.05) is 0 Å². The topological polar surface area (TPSA) is 58.6 Å².